The summed E-state index contributed by atoms with van der Waals surface area (Å²) in [6.45, 7) is 3.91. The van der Waals surface area contributed by atoms with Gasteiger partial charge in [-0.15, -0.1) is 0 Å². The zero-order valence-electron chi connectivity index (χ0n) is 9.02. The third-order valence-electron chi connectivity index (χ3n) is 3.39. The zero-order valence-corrected chi connectivity index (χ0v) is 9.02. The molecule has 5 heteroatoms. The number of nitrogens with one attached hydrogen (secondary N) is 1. The quantitative estimate of drug-likeness (QED) is 0.703. The van der Waals surface area contributed by atoms with Gasteiger partial charge in [-0.25, -0.2) is 8.78 Å². The third-order valence-corrected chi connectivity index (χ3v) is 3.39. The maximum atomic E-state index is 13.7. The summed E-state index contributed by atoms with van der Waals surface area (Å²) in [4.78, 5) is 12.9. The normalized spacial score (nSPS) is 27.1. The van der Waals surface area contributed by atoms with Crippen molar-refractivity contribution in [1.82, 2.24) is 10.2 Å². The second-order valence-corrected chi connectivity index (χ2v) is 4.94. The fourth-order valence-electron chi connectivity index (χ4n) is 2.26. The van der Waals surface area contributed by atoms with E-state index in [0.29, 0.717) is 13.1 Å². The molecule has 0 atom stereocenters. The Morgan fingerprint density at radius 3 is 2.27 bits per heavy atom. The Morgan fingerprint density at radius 2 is 1.93 bits per heavy atom. The van der Waals surface area contributed by atoms with Crippen LogP contribution in [0.2, 0.25) is 0 Å². The number of amides is 1. The van der Waals surface area contributed by atoms with Crippen molar-refractivity contribution in [2.75, 3.05) is 26.2 Å². The molecule has 0 bridgehead atoms. The van der Waals surface area contributed by atoms with Crippen LogP contribution in [0.25, 0.3) is 0 Å². The lowest BCUT2D eigenvalue weighted by Gasteiger charge is -2.42. The van der Waals surface area contributed by atoms with Crippen LogP contribution in [0.3, 0.4) is 0 Å². The number of carbonyl (C=O) groups is 1. The highest BCUT2D eigenvalue weighted by Crippen LogP contribution is 2.46. The van der Waals surface area contributed by atoms with Crippen LogP contribution in [-0.4, -0.2) is 42.9 Å². The lowest BCUT2D eigenvalue weighted by atomic mass is 9.78. The average molecular weight is 218 g/mol. The van der Waals surface area contributed by atoms with Crippen molar-refractivity contribution in [3.63, 3.8) is 0 Å². The minimum atomic E-state index is -2.73. The summed E-state index contributed by atoms with van der Waals surface area (Å²) in [6.07, 6.45) is 0. The summed E-state index contributed by atoms with van der Waals surface area (Å²) in [7, 11) is 0. The number of rotatable bonds is 1. The topological polar surface area (TPSA) is 32.3 Å². The molecular weight excluding hydrogens is 202 g/mol. The van der Waals surface area contributed by atoms with E-state index in [1.807, 2.05) is 0 Å². The summed E-state index contributed by atoms with van der Waals surface area (Å²) in [6, 6.07) is 0. The number of halogens is 2. The van der Waals surface area contributed by atoms with Gasteiger partial charge in [0.15, 0.2) is 0 Å². The van der Waals surface area contributed by atoms with Gasteiger partial charge in [0.1, 0.15) is 0 Å². The minimum absolute atomic E-state index is 0.168. The molecular formula is C10H16F2N2O. The summed E-state index contributed by atoms with van der Waals surface area (Å²) < 4.78 is 27.4. The Morgan fingerprint density at radius 1 is 1.33 bits per heavy atom. The summed E-state index contributed by atoms with van der Waals surface area (Å²) in [5.41, 5.74) is -0.989. The van der Waals surface area contributed by atoms with Gasteiger partial charge in [-0.2, -0.15) is 0 Å². The first-order chi connectivity index (χ1) is 6.88. The van der Waals surface area contributed by atoms with E-state index in [0.717, 1.165) is 0 Å². The van der Waals surface area contributed by atoms with Gasteiger partial charge in [0.25, 0.3) is 5.92 Å². The van der Waals surface area contributed by atoms with Crippen molar-refractivity contribution < 1.29 is 13.6 Å². The molecule has 0 radical (unpaired) electrons. The number of alkyl halides is 2. The van der Waals surface area contributed by atoms with Crippen LogP contribution in [0, 0.1) is 11.3 Å². The second kappa shape index (κ2) is 3.14. The van der Waals surface area contributed by atoms with Crippen molar-refractivity contribution in [3.8, 4) is 0 Å². The van der Waals surface area contributed by atoms with Crippen molar-refractivity contribution in [3.05, 3.63) is 0 Å². The lowest BCUT2D eigenvalue weighted by Crippen LogP contribution is -2.62. The number of nitrogens with zero attached hydrogens (tertiary/aromatic N) is 1. The molecule has 2 rings (SSSR count). The molecule has 86 valence electrons. The number of likely N-dealkylation sites (tertiary alicyclic amines) is 1. The van der Waals surface area contributed by atoms with Gasteiger partial charge in [0.2, 0.25) is 5.91 Å². The van der Waals surface area contributed by atoms with E-state index in [1.165, 1.54) is 4.90 Å². The van der Waals surface area contributed by atoms with Gasteiger partial charge < -0.3 is 10.2 Å². The summed E-state index contributed by atoms with van der Waals surface area (Å²) in [5, 5.41) is 2.87. The SMILES string of the molecule is CC(C)C(=O)N1CC(F)(F)C2(CNC2)C1. The first-order valence-corrected chi connectivity index (χ1v) is 5.25. The van der Waals surface area contributed by atoms with E-state index in [9.17, 15) is 13.6 Å². The van der Waals surface area contributed by atoms with E-state index in [-0.39, 0.29) is 18.4 Å². The van der Waals surface area contributed by atoms with Gasteiger partial charge in [-0.05, 0) is 0 Å². The van der Waals surface area contributed by atoms with Crippen molar-refractivity contribution in [2.45, 2.75) is 19.8 Å². The first-order valence-electron chi connectivity index (χ1n) is 5.25. The van der Waals surface area contributed by atoms with Gasteiger partial charge in [0, 0.05) is 25.6 Å². The largest absolute Gasteiger partial charge is 0.336 e. The van der Waals surface area contributed by atoms with Crippen LogP contribution in [0.4, 0.5) is 8.78 Å². The fourth-order valence-corrected chi connectivity index (χ4v) is 2.26. The highest BCUT2D eigenvalue weighted by molar-refractivity contribution is 5.78. The molecule has 0 aromatic heterocycles. The first kappa shape index (κ1) is 10.8. The predicted molar refractivity (Wildman–Crippen MR) is 51.7 cm³/mol. The monoisotopic (exact) mass is 218 g/mol. The minimum Gasteiger partial charge on any atom is -0.336 e. The van der Waals surface area contributed by atoms with Crippen LogP contribution in [0.5, 0.6) is 0 Å². The Hall–Kier alpha value is -0.710. The molecule has 2 fully saturated rings. The molecule has 1 spiro atoms. The molecule has 0 aliphatic carbocycles. The number of carbonyl (C=O) groups excluding carboxylic acids is 1. The van der Waals surface area contributed by atoms with Gasteiger partial charge >= 0.3 is 0 Å². The maximum Gasteiger partial charge on any atom is 0.274 e. The average Bonchev–Trinajstić information content (AvgIpc) is 2.34. The second-order valence-electron chi connectivity index (χ2n) is 4.94. The lowest BCUT2D eigenvalue weighted by molar-refractivity contribution is -0.135. The van der Waals surface area contributed by atoms with Crippen molar-refractivity contribution in [1.29, 1.82) is 0 Å². The molecule has 2 saturated heterocycles. The van der Waals surface area contributed by atoms with Crippen LogP contribution in [-0.2, 0) is 4.79 Å². The van der Waals surface area contributed by atoms with Crippen molar-refractivity contribution >= 4 is 5.91 Å². The summed E-state index contributed by atoms with van der Waals surface area (Å²) in [5.74, 6) is -3.11. The molecule has 2 aliphatic rings. The predicted octanol–water partition coefficient (Wildman–Crippen LogP) is 0.710. The molecule has 2 aliphatic heterocycles. The highest BCUT2D eigenvalue weighted by Gasteiger charge is 2.63. The van der Waals surface area contributed by atoms with Crippen LogP contribution in [0.15, 0.2) is 0 Å². The number of hydrogen-bond donors (Lipinski definition) is 1. The van der Waals surface area contributed by atoms with E-state index in [2.05, 4.69) is 5.32 Å². The van der Waals surface area contributed by atoms with Crippen molar-refractivity contribution in [2.24, 2.45) is 11.3 Å². The molecule has 15 heavy (non-hydrogen) atoms. The molecule has 0 aromatic rings. The van der Waals surface area contributed by atoms with Gasteiger partial charge in [-0.1, -0.05) is 13.8 Å². The summed E-state index contributed by atoms with van der Waals surface area (Å²) >= 11 is 0. The molecule has 2 heterocycles. The molecule has 3 nitrogen and oxygen atoms in total. The van der Waals surface area contributed by atoms with E-state index >= 15 is 0 Å². The molecule has 0 aromatic carbocycles. The van der Waals surface area contributed by atoms with Gasteiger partial charge in [0.05, 0.1) is 12.0 Å². The van der Waals surface area contributed by atoms with E-state index in [1.54, 1.807) is 13.8 Å². The van der Waals surface area contributed by atoms with Crippen LogP contribution in [0.1, 0.15) is 13.8 Å². The standard InChI is InChI=1S/C10H16F2N2O/c1-7(2)8(15)14-5-9(3-13-4-9)10(11,12)6-14/h7,13H,3-6H2,1-2H3. The molecule has 0 unspecified atom stereocenters. The van der Waals surface area contributed by atoms with Crippen LogP contribution < -0.4 is 5.32 Å². The molecule has 0 saturated carbocycles. The Balaban J connectivity index is 2.12. The molecule has 1 N–H and O–H groups in total. The Kier molecular flexibility index (Phi) is 2.26. The Labute approximate surface area is 87.8 Å². The number of hydrogen-bond acceptors (Lipinski definition) is 2. The molecule has 1 amide bonds. The Bertz CT molecular complexity index is 287. The van der Waals surface area contributed by atoms with E-state index in [4.69, 9.17) is 0 Å². The maximum absolute atomic E-state index is 13.7. The highest BCUT2D eigenvalue weighted by atomic mass is 19.3. The smallest absolute Gasteiger partial charge is 0.274 e. The third kappa shape index (κ3) is 1.44. The van der Waals surface area contributed by atoms with Gasteiger partial charge in [-0.3, -0.25) is 4.79 Å². The van der Waals surface area contributed by atoms with E-state index < -0.39 is 17.9 Å². The fraction of sp³-hybridized carbons (Fsp3) is 0.900. The van der Waals surface area contributed by atoms with Crippen LogP contribution >= 0.6 is 0 Å². The zero-order chi connectivity index (χ0) is 11.3.